The van der Waals surface area contributed by atoms with E-state index in [4.69, 9.17) is 23.7 Å². The number of methoxy groups -OCH3 is 1. The lowest BCUT2D eigenvalue weighted by molar-refractivity contribution is -0.149. The molecule has 0 aromatic heterocycles. The van der Waals surface area contributed by atoms with Crippen molar-refractivity contribution in [1.29, 1.82) is 0 Å². The largest absolute Gasteiger partial charge is 0.469 e. The van der Waals surface area contributed by atoms with E-state index in [0.29, 0.717) is 33.0 Å². The molecule has 0 fully saturated rings. The van der Waals surface area contributed by atoms with Crippen molar-refractivity contribution in [2.24, 2.45) is 35.5 Å². The van der Waals surface area contributed by atoms with Crippen LogP contribution in [-0.4, -0.2) is 76.0 Å². The van der Waals surface area contributed by atoms with Crippen LogP contribution < -0.4 is 0 Å². The monoisotopic (exact) mass is 907 g/mol. The lowest BCUT2D eigenvalue weighted by Crippen LogP contribution is -2.14. The zero-order valence-corrected chi connectivity index (χ0v) is 44.2. The molecule has 0 saturated heterocycles. The zero-order valence-electron chi connectivity index (χ0n) is 44.2. The highest BCUT2D eigenvalue weighted by Crippen LogP contribution is 2.07. The SMILES string of the molecule is CCC(C)C(=O)OC.CCCCCCOC(=O)C(C)CC.CCCCCOC(=O)C(C)CC.CCCCOC(=O)C(C)CC.CCCOC(=O)C(C)CC.CCOC(=O)C(C)CC. The van der Waals surface area contributed by atoms with Gasteiger partial charge in [-0.3, -0.25) is 28.8 Å². The van der Waals surface area contributed by atoms with Crippen molar-refractivity contribution in [3.8, 4) is 0 Å². The number of unbranched alkanes of at least 4 members (excludes halogenated alkanes) is 6. The Hall–Kier alpha value is -3.18. The summed E-state index contributed by atoms with van der Waals surface area (Å²) in [6.45, 7) is 36.3. The zero-order chi connectivity index (χ0) is 50.0. The first-order valence-electron chi connectivity index (χ1n) is 24.7. The van der Waals surface area contributed by atoms with Crippen molar-refractivity contribution in [2.45, 2.75) is 220 Å². The van der Waals surface area contributed by atoms with E-state index in [0.717, 1.165) is 77.0 Å². The van der Waals surface area contributed by atoms with Crippen LogP contribution in [0.2, 0.25) is 0 Å². The summed E-state index contributed by atoms with van der Waals surface area (Å²) in [7, 11) is 1.41. The molecule has 0 N–H and O–H groups in total. The molecule has 0 heterocycles. The Labute approximate surface area is 388 Å². The maximum absolute atomic E-state index is 11.2. The quantitative estimate of drug-likeness (QED) is 0.0437. The van der Waals surface area contributed by atoms with Gasteiger partial charge >= 0.3 is 35.8 Å². The Morgan fingerprint density at radius 2 is 0.556 bits per heavy atom. The second-order valence-corrected chi connectivity index (χ2v) is 15.9. The fourth-order valence-electron chi connectivity index (χ4n) is 3.80. The van der Waals surface area contributed by atoms with Crippen LogP contribution in [0.3, 0.4) is 0 Å². The molecular weight excluding hydrogens is 805 g/mol. The van der Waals surface area contributed by atoms with E-state index >= 15 is 0 Å². The topological polar surface area (TPSA) is 158 Å². The summed E-state index contributed by atoms with van der Waals surface area (Å²) in [5.74, 6) is -0.0495. The highest BCUT2D eigenvalue weighted by atomic mass is 16.5. The maximum atomic E-state index is 11.2. The van der Waals surface area contributed by atoms with Crippen LogP contribution >= 0.6 is 0 Å². The molecule has 0 amide bonds. The van der Waals surface area contributed by atoms with Gasteiger partial charge < -0.3 is 28.4 Å². The van der Waals surface area contributed by atoms with E-state index < -0.39 is 0 Å². The minimum Gasteiger partial charge on any atom is -0.469 e. The molecule has 0 radical (unpaired) electrons. The molecule has 0 aliphatic carbocycles. The van der Waals surface area contributed by atoms with Crippen LogP contribution in [-0.2, 0) is 57.2 Å². The van der Waals surface area contributed by atoms with Gasteiger partial charge in [-0.05, 0) is 71.1 Å². The van der Waals surface area contributed by atoms with Crippen molar-refractivity contribution >= 4 is 35.8 Å². The molecule has 0 bridgehead atoms. The number of rotatable bonds is 27. The molecule has 63 heavy (non-hydrogen) atoms. The molecule has 0 spiro atoms. The van der Waals surface area contributed by atoms with E-state index in [-0.39, 0.29) is 71.3 Å². The van der Waals surface area contributed by atoms with Crippen molar-refractivity contribution < 1.29 is 57.2 Å². The van der Waals surface area contributed by atoms with Gasteiger partial charge in [0.15, 0.2) is 0 Å². The van der Waals surface area contributed by atoms with Crippen LogP contribution in [0.5, 0.6) is 0 Å². The summed E-state index contributed by atoms with van der Waals surface area (Å²) in [6.07, 6.45) is 16.1. The fraction of sp³-hybridized carbons (Fsp3) is 0.882. The highest BCUT2D eigenvalue weighted by Gasteiger charge is 2.13. The summed E-state index contributed by atoms with van der Waals surface area (Å²) in [6, 6.07) is 0. The first-order chi connectivity index (χ1) is 29.8. The minimum absolute atomic E-state index is 0.0426. The van der Waals surface area contributed by atoms with Crippen LogP contribution in [0.15, 0.2) is 0 Å². The lowest BCUT2D eigenvalue weighted by atomic mass is 10.1. The van der Waals surface area contributed by atoms with E-state index in [1.54, 1.807) is 0 Å². The molecule has 0 aromatic rings. The number of carbonyl (C=O) groups is 6. The predicted octanol–water partition coefficient (Wildman–Crippen LogP) is 13.1. The summed E-state index contributed by atoms with van der Waals surface area (Å²) in [4.78, 5) is 65.5. The van der Waals surface area contributed by atoms with Gasteiger partial charge in [0.2, 0.25) is 0 Å². The second-order valence-electron chi connectivity index (χ2n) is 15.9. The Morgan fingerprint density at radius 3 is 0.810 bits per heavy atom. The first-order valence-corrected chi connectivity index (χ1v) is 24.7. The molecule has 0 aromatic carbocycles. The van der Waals surface area contributed by atoms with Crippen LogP contribution in [0.1, 0.15) is 220 Å². The van der Waals surface area contributed by atoms with E-state index in [1.807, 2.05) is 96.9 Å². The van der Waals surface area contributed by atoms with Crippen molar-refractivity contribution in [3.05, 3.63) is 0 Å². The molecule has 0 saturated carbocycles. The molecule has 378 valence electrons. The number of hydrogen-bond acceptors (Lipinski definition) is 12. The predicted molar refractivity (Wildman–Crippen MR) is 258 cm³/mol. The van der Waals surface area contributed by atoms with E-state index in [9.17, 15) is 28.8 Å². The van der Waals surface area contributed by atoms with Gasteiger partial charge in [0.05, 0.1) is 75.7 Å². The van der Waals surface area contributed by atoms with Crippen LogP contribution in [0.4, 0.5) is 0 Å². The third-order valence-corrected chi connectivity index (χ3v) is 10.0. The van der Waals surface area contributed by atoms with Crippen molar-refractivity contribution in [3.63, 3.8) is 0 Å². The van der Waals surface area contributed by atoms with Crippen LogP contribution in [0.25, 0.3) is 0 Å². The summed E-state index contributed by atoms with van der Waals surface area (Å²) < 4.78 is 29.3. The molecule has 6 atom stereocenters. The Balaban J connectivity index is -0.000000156. The van der Waals surface area contributed by atoms with Crippen molar-refractivity contribution in [2.75, 3.05) is 40.1 Å². The number of ether oxygens (including phenoxy) is 6. The Kier molecular flexibility index (Phi) is 62.3. The lowest BCUT2D eigenvalue weighted by Gasteiger charge is -2.08. The maximum Gasteiger partial charge on any atom is 0.308 e. The first kappa shape index (κ1) is 71.5. The van der Waals surface area contributed by atoms with Crippen molar-refractivity contribution in [1.82, 2.24) is 0 Å². The van der Waals surface area contributed by atoms with E-state index in [1.165, 1.54) is 32.8 Å². The Bertz CT molecular complexity index is 1050. The minimum atomic E-state index is -0.118. The average molecular weight is 907 g/mol. The summed E-state index contributed by atoms with van der Waals surface area (Å²) in [5.41, 5.74) is 0. The van der Waals surface area contributed by atoms with Gasteiger partial charge in [0.1, 0.15) is 0 Å². The average Bonchev–Trinajstić information content (AvgIpc) is 3.30. The van der Waals surface area contributed by atoms with Gasteiger partial charge in [0, 0.05) is 0 Å². The molecule has 12 nitrogen and oxygen atoms in total. The fourth-order valence-corrected chi connectivity index (χ4v) is 3.80. The third-order valence-electron chi connectivity index (χ3n) is 10.0. The smallest absolute Gasteiger partial charge is 0.308 e. The van der Waals surface area contributed by atoms with Gasteiger partial charge in [-0.25, -0.2) is 0 Å². The summed E-state index contributed by atoms with van der Waals surface area (Å²) >= 11 is 0. The van der Waals surface area contributed by atoms with Gasteiger partial charge in [-0.2, -0.15) is 0 Å². The molecular formula is C51H102O12. The summed E-state index contributed by atoms with van der Waals surface area (Å²) in [5, 5.41) is 0. The normalized spacial score (nSPS) is 12.7. The van der Waals surface area contributed by atoms with Crippen LogP contribution in [0, 0.1) is 35.5 Å². The van der Waals surface area contributed by atoms with Gasteiger partial charge in [-0.1, -0.05) is 149 Å². The number of carbonyl (C=O) groups excluding carboxylic acids is 6. The number of esters is 6. The standard InChI is InChI=1S/C11H22O2.C10H20O2.C9H18O2.C8H16O2.C7H14O2.C6H12O2/c1-4-6-7-8-9-13-11(12)10(3)5-2;1-4-6-7-8-12-10(11)9(3)5-2;1-4-6-7-11-9(10)8(3)5-2;1-4-6-10-8(9)7(3)5-2;1-4-6(3)7(8)9-5-2;1-4-5(2)6(7)8-3/h10H,4-9H2,1-3H3;9H,4-8H2,1-3H3;8H,4-7H2,1-3H3;7H,4-6H2,1-3H3;6H,4-5H2,1-3H3;5H,4H2,1-3H3. The van der Waals surface area contributed by atoms with Gasteiger partial charge in [-0.15, -0.1) is 0 Å². The van der Waals surface area contributed by atoms with E-state index in [2.05, 4.69) is 25.5 Å². The third kappa shape index (κ3) is 53.1. The number of hydrogen-bond donors (Lipinski definition) is 0. The van der Waals surface area contributed by atoms with Gasteiger partial charge in [0.25, 0.3) is 0 Å². The molecule has 12 heteroatoms. The molecule has 0 aliphatic rings. The second kappa shape index (κ2) is 55.0. The Morgan fingerprint density at radius 1 is 0.302 bits per heavy atom. The molecule has 6 unspecified atom stereocenters. The highest BCUT2D eigenvalue weighted by molar-refractivity contribution is 5.73. The molecule has 0 rings (SSSR count). The molecule has 0 aliphatic heterocycles.